The zero-order valence-corrected chi connectivity index (χ0v) is 12.5. The van der Waals surface area contributed by atoms with Crippen LogP contribution in [0, 0.1) is 11.8 Å². The lowest BCUT2D eigenvalue weighted by molar-refractivity contribution is -0.123. The van der Waals surface area contributed by atoms with Gasteiger partial charge in [0.25, 0.3) is 0 Å². The molecule has 1 saturated carbocycles. The molecule has 4 heteroatoms. The third-order valence-electron chi connectivity index (χ3n) is 3.76. The predicted molar refractivity (Wildman–Crippen MR) is 77.7 cm³/mol. The first-order chi connectivity index (χ1) is 8.61. The molecule has 98 valence electrons. The van der Waals surface area contributed by atoms with Gasteiger partial charge in [-0.15, -0.1) is 0 Å². The van der Waals surface area contributed by atoms with Crippen molar-refractivity contribution in [1.82, 2.24) is 0 Å². The van der Waals surface area contributed by atoms with Gasteiger partial charge in [0.2, 0.25) is 0 Å². The highest BCUT2D eigenvalue weighted by atomic mass is 79.9. The Morgan fingerprint density at radius 3 is 2.89 bits per heavy atom. The molecule has 2 rings (SSSR count). The van der Waals surface area contributed by atoms with E-state index in [9.17, 15) is 4.79 Å². The molecule has 0 saturated heterocycles. The van der Waals surface area contributed by atoms with Crippen molar-refractivity contribution in [3.63, 3.8) is 0 Å². The van der Waals surface area contributed by atoms with Crippen molar-refractivity contribution < 1.29 is 4.79 Å². The van der Waals surface area contributed by atoms with Gasteiger partial charge in [-0.05, 0) is 43.0 Å². The SMILES string of the molecule is NCC1CCCC1C(=O)Cc1ccc(Br)cc1Cl. The number of nitrogens with two attached hydrogens (primary N) is 1. The van der Waals surface area contributed by atoms with E-state index in [-0.39, 0.29) is 11.7 Å². The van der Waals surface area contributed by atoms with Gasteiger partial charge in [0, 0.05) is 21.8 Å². The number of carbonyl (C=O) groups excluding carboxylic acids is 1. The Hall–Kier alpha value is -0.380. The highest BCUT2D eigenvalue weighted by Gasteiger charge is 2.31. The van der Waals surface area contributed by atoms with Gasteiger partial charge in [-0.2, -0.15) is 0 Å². The van der Waals surface area contributed by atoms with Crippen molar-refractivity contribution in [2.45, 2.75) is 25.7 Å². The second kappa shape index (κ2) is 6.18. The average molecular weight is 331 g/mol. The standard InChI is InChI=1S/C14H17BrClNO/c15-11-5-4-9(13(16)7-11)6-14(18)12-3-1-2-10(12)8-17/h4-5,7,10,12H,1-3,6,8,17H2. The minimum atomic E-state index is 0.134. The fraction of sp³-hybridized carbons (Fsp3) is 0.500. The van der Waals surface area contributed by atoms with Crippen LogP contribution in [0.1, 0.15) is 24.8 Å². The number of hydrogen-bond acceptors (Lipinski definition) is 2. The minimum Gasteiger partial charge on any atom is -0.330 e. The molecular formula is C14H17BrClNO. The molecule has 0 heterocycles. The number of rotatable bonds is 4. The number of Topliss-reactive ketones (excluding diaryl/α,β-unsaturated/α-hetero) is 1. The molecule has 0 spiro atoms. The van der Waals surface area contributed by atoms with E-state index in [4.69, 9.17) is 17.3 Å². The smallest absolute Gasteiger partial charge is 0.140 e. The van der Waals surface area contributed by atoms with Gasteiger partial charge in [0.15, 0.2) is 0 Å². The van der Waals surface area contributed by atoms with Gasteiger partial charge < -0.3 is 5.73 Å². The number of carbonyl (C=O) groups is 1. The van der Waals surface area contributed by atoms with Crippen LogP contribution in [0.3, 0.4) is 0 Å². The maximum absolute atomic E-state index is 12.3. The van der Waals surface area contributed by atoms with Gasteiger partial charge >= 0.3 is 0 Å². The van der Waals surface area contributed by atoms with E-state index in [1.807, 2.05) is 18.2 Å². The summed E-state index contributed by atoms with van der Waals surface area (Å²) in [5.41, 5.74) is 6.63. The largest absolute Gasteiger partial charge is 0.330 e. The Bertz CT molecular complexity index is 449. The molecule has 1 aliphatic rings. The number of benzene rings is 1. The van der Waals surface area contributed by atoms with E-state index in [0.717, 1.165) is 29.3 Å². The van der Waals surface area contributed by atoms with Crippen molar-refractivity contribution in [2.24, 2.45) is 17.6 Å². The molecule has 0 amide bonds. The van der Waals surface area contributed by atoms with Crippen LogP contribution >= 0.6 is 27.5 Å². The number of halogens is 2. The molecule has 2 atom stereocenters. The monoisotopic (exact) mass is 329 g/mol. The fourth-order valence-corrected chi connectivity index (χ4v) is 3.47. The van der Waals surface area contributed by atoms with E-state index in [0.29, 0.717) is 23.9 Å². The lowest BCUT2D eigenvalue weighted by Gasteiger charge is -2.16. The van der Waals surface area contributed by atoms with Crippen molar-refractivity contribution >= 4 is 33.3 Å². The molecule has 2 nitrogen and oxygen atoms in total. The maximum atomic E-state index is 12.3. The summed E-state index contributed by atoms with van der Waals surface area (Å²) in [4.78, 5) is 12.3. The van der Waals surface area contributed by atoms with Crippen LogP contribution < -0.4 is 5.73 Å². The highest BCUT2D eigenvalue weighted by molar-refractivity contribution is 9.10. The molecular weight excluding hydrogens is 314 g/mol. The first-order valence-corrected chi connectivity index (χ1v) is 7.45. The molecule has 2 N–H and O–H groups in total. The van der Waals surface area contributed by atoms with Gasteiger partial charge in [0.05, 0.1) is 0 Å². The molecule has 0 bridgehead atoms. The normalized spacial score (nSPS) is 23.3. The van der Waals surface area contributed by atoms with E-state index < -0.39 is 0 Å². The zero-order valence-electron chi connectivity index (χ0n) is 10.2. The molecule has 1 aliphatic carbocycles. The van der Waals surface area contributed by atoms with Crippen LogP contribution in [-0.2, 0) is 11.2 Å². The van der Waals surface area contributed by atoms with Crippen molar-refractivity contribution in [3.8, 4) is 0 Å². The van der Waals surface area contributed by atoms with Crippen molar-refractivity contribution in [1.29, 1.82) is 0 Å². The van der Waals surface area contributed by atoms with Crippen molar-refractivity contribution in [2.75, 3.05) is 6.54 Å². The second-order valence-corrected chi connectivity index (χ2v) is 6.23. The first kappa shape index (κ1) is 14.0. The van der Waals surface area contributed by atoms with E-state index >= 15 is 0 Å². The van der Waals surface area contributed by atoms with Crippen molar-refractivity contribution in [3.05, 3.63) is 33.3 Å². The summed E-state index contributed by atoms with van der Waals surface area (Å²) in [5.74, 6) is 0.786. The Balaban J connectivity index is 2.07. The van der Waals surface area contributed by atoms with Crippen LogP contribution in [0.4, 0.5) is 0 Å². The summed E-state index contributed by atoms with van der Waals surface area (Å²) in [6.45, 7) is 0.616. The van der Waals surface area contributed by atoms with Gasteiger partial charge in [-0.25, -0.2) is 0 Å². The minimum absolute atomic E-state index is 0.134. The van der Waals surface area contributed by atoms with Crippen LogP contribution in [0.2, 0.25) is 5.02 Å². The molecule has 2 unspecified atom stereocenters. The average Bonchev–Trinajstić information content (AvgIpc) is 2.81. The summed E-state index contributed by atoms with van der Waals surface area (Å²) in [5, 5.41) is 0.653. The Labute approximate surface area is 121 Å². The Morgan fingerprint density at radius 1 is 1.44 bits per heavy atom. The Kier molecular flexibility index (Phi) is 4.82. The topological polar surface area (TPSA) is 43.1 Å². The van der Waals surface area contributed by atoms with Crippen LogP contribution in [0.15, 0.2) is 22.7 Å². The van der Waals surface area contributed by atoms with E-state index in [2.05, 4.69) is 15.9 Å². The third-order valence-corrected chi connectivity index (χ3v) is 4.60. The summed E-state index contributed by atoms with van der Waals surface area (Å²) in [6.07, 6.45) is 3.61. The van der Waals surface area contributed by atoms with E-state index in [1.54, 1.807) is 0 Å². The lowest BCUT2D eigenvalue weighted by atomic mass is 9.89. The first-order valence-electron chi connectivity index (χ1n) is 6.28. The summed E-state index contributed by atoms with van der Waals surface area (Å²) in [7, 11) is 0. The van der Waals surface area contributed by atoms with Gasteiger partial charge in [-0.3, -0.25) is 4.79 Å². The number of ketones is 1. The van der Waals surface area contributed by atoms with Crippen LogP contribution in [0.5, 0.6) is 0 Å². The third kappa shape index (κ3) is 3.14. The second-order valence-electron chi connectivity index (χ2n) is 4.91. The summed E-state index contributed by atoms with van der Waals surface area (Å²) in [6, 6.07) is 5.67. The summed E-state index contributed by atoms with van der Waals surface area (Å²) < 4.78 is 0.935. The molecule has 0 aliphatic heterocycles. The van der Waals surface area contributed by atoms with Gasteiger partial charge in [0.1, 0.15) is 5.78 Å². The molecule has 0 radical (unpaired) electrons. The number of hydrogen-bond donors (Lipinski definition) is 1. The Morgan fingerprint density at radius 2 is 2.22 bits per heavy atom. The van der Waals surface area contributed by atoms with Crippen LogP contribution in [-0.4, -0.2) is 12.3 Å². The lowest BCUT2D eigenvalue weighted by Crippen LogP contribution is -2.26. The zero-order chi connectivity index (χ0) is 13.1. The molecule has 18 heavy (non-hydrogen) atoms. The molecule has 1 aromatic rings. The van der Waals surface area contributed by atoms with Gasteiger partial charge in [-0.1, -0.05) is 40.0 Å². The maximum Gasteiger partial charge on any atom is 0.140 e. The fourth-order valence-electron chi connectivity index (χ4n) is 2.73. The van der Waals surface area contributed by atoms with Crippen LogP contribution in [0.25, 0.3) is 0 Å². The molecule has 1 fully saturated rings. The van der Waals surface area contributed by atoms with E-state index in [1.165, 1.54) is 0 Å². The molecule has 1 aromatic carbocycles. The summed E-state index contributed by atoms with van der Waals surface area (Å²) >= 11 is 9.51. The molecule has 0 aromatic heterocycles. The highest BCUT2D eigenvalue weighted by Crippen LogP contribution is 2.33. The quantitative estimate of drug-likeness (QED) is 0.917. The predicted octanol–water partition coefficient (Wildman–Crippen LogP) is 3.59.